The minimum Gasteiger partial charge on any atom is -0.444 e. The minimum absolute atomic E-state index is 0.0819. The van der Waals surface area contributed by atoms with Crippen LogP contribution in [0.1, 0.15) is 59.3 Å². The van der Waals surface area contributed by atoms with E-state index in [0.717, 1.165) is 39.0 Å². The molecule has 0 aromatic heterocycles. The van der Waals surface area contributed by atoms with Gasteiger partial charge in [0.1, 0.15) is 5.60 Å². The van der Waals surface area contributed by atoms with E-state index in [1.807, 2.05) is 30.6 Å². The number of amides is 2. The number of carbonyl (C=O) groups excluding carboxylic acids is 2. The van der Waals surface area contributed by atoms with Gasteiger partial charge >= 0.3 is 6.09 Å². The van der Waals surface area contributed by atoms with Crippen LogP contribution in [0.3, 0.4) is 0 Å². The van der Waals surface area contributed by atoms with Crippen molar-refractivity contribution in [1.82, 2.24) is 20.4 Å². The molecule has 4 saturated heterocycles. The lowest BCUT2D eigenvalue weighted by molar-refractivity contribution is -0.128. The van der Waals surface area contributed by atoms with E-state index in [9.17, 15) is 9.59 Å². The number of fused-ring (bicyclic) bond motifs is 4. The number of piperidine rings is 2. The quantitative estimate of drug-likeness (QED) is 0.654. The highest BCUT2D eigenvalue weighted by Crippen LogP contribution is 2.27. The molecule has 0 radical (unpaired) electrons. The third-order valence-corrected chi connectivity index (χ3v) is 6.17. The molecule has 2 amide bonds. The molecular weight excluding hydrogens is 368 g/mol. The Hall–Kier alpha value is -1.60. The van der Waals surface area contributed by atoms with Crippen LogP contribution in [0.2, 0.25) is 0 Å². The first-order valence-electron chi connectivity index (χ1n) is 11.2. The highest BCUT2D eigenvalue weighted by atomic mass is 16.6. The zero-order valence-electron chi connectivity index (χ0n) is 18.3. The number of piperazine rings is 2. The Bertz CT molecular complexity index is 569. The summed E-state index contributed by atoms with van der Waals surface area (Å²) in [6, 6.07) is 1.72. The number of ether oxygens (including phenoxy) is 1. The van der Waals surface area contributed by atoms with Crippen molar-refractivity contribution < 1.29 is 14.3 Å². The van der Waals surface area contributed by atoms with E-state index in [0.29, 0.717) is 24.2 Å². The molecule has 4 heterocycles. The monoisotopic (exact) mass is 406 g/mol. The Kier molecular flexibility index (Phi) is 7.22. The first-order valence-corrected chi connectivity index (χ1v) is 11.2. The summed E-state index contributed by atoms with van der Waals surface area (Å²) in [5, 5.41) is 6.92. The molecule has 0 saturated carbocycles. The zero-order chi connectivity index (χ0) is 21.0. The van der Waals surface area contributed by atoms with Gasteiger partial charge in [-0.15, -0.1) is 0 Å². The van der Waals surface area contributed by atoms with Crippen molar-refractivity contribution in [2.75, 3.05) is 26.2 Å². The van der Waals surface area contributed by atoms with Crippen molar-refractivity contribution in [2.24, 2.45) is 0 Å². The Labute approximate surface area is 175 Å². The second-order valence-corrected chi connectivity index (χ2v) is 9.72. The van der Waals surface area contributed by atoms with Gasteiger partial charge in [-0.05, 0) is 59.0 Å². The van der Waals surface area contributed by atoms with Gasteiger partial charge in [0.15, 0.2) is 0 Å². The molecule has 4 atom stereocenters. The van der Waals surface area contributed by atoms with Crippen molar-refractivity contribution in [1.29, 1.82) is 0 Å². The van der Waals surface area contributed by atoms with Crippen LogP contribution in [0.25, 0.3) is 0 Å². The molecule has 0 aromatic carbocycles. The molecule has 29 heavy (non-hydrogen) atoms. The van der Waals surface area contributed by atoms with Crippen LogP contribution in [0.5, 0.6) is 0 Å². The summed E-state index contributed by atoms with van der Waals surface area (Å²) in [6.45, 7) is 12.8. The number of rotatable bonds is 1. The van der Waals surface area contributed by atoms with Gasteiger partial charge in [-0.2, -0.15) is 0 Å². The molecule has 4 bridgehead atoms. The van der Waals surface area contributed by atoms with Crippen LogP contribution in [-0.2, 0) is 9.53 Å². The molecule has 4 rings (SSSR count). The number of likely N-dealkylation sites (tertiary alicyclic amines) is 1. The van der Waals surface area contributed by atoms with Gasteiger partial charge in [-0.25, -0.2) is 4.79 Å². The van der Waals surface area contributed by atoms with Gasteiger partial charge in [0.2, 0.25) is 5.91 Å². The maximum Gasteiger partial charge on any atom is 0.410 e. The summed E-state index contributed by atoms with van der Waals surface area (Å²) >= 11 is 0. The molecule has 0 unspecified atom stereocenters. The molecule has 7 heteroatoms. The molecule has 4 aliphatic heterocycles. The molecule has 4 fully saturated rings. The second kappa shape index (κ2) is 9.47. The third kappa shape index (κ3) is 5.95. The standard InChI is InChI=1S/C12H22N2O2.C10H16N2O/c1-12(2,3)16-11(15)14-9-5-4-6-10(14)8-13-7-9;1-2-10(13)12-6-8-4-3-5-9(7-12)11-8/h9-10,13H,4-8H2,1-3H3;2,8-9,11H,1,3-7H2/t9-,10+;8-,9+. The summed E-state index contributed by atoms with van der Waals surface area (Å²) in [5.74, 6) is 0.0819. The fourth-order valence-electron chi connectivity index (χ4n) is 4.91. The maximum absolute atomic E-state index is 12.1. The van der Waals surface area contributed by atoms with Gasteiger partial charge < -0.3 is 20.3 Å². The molecule has 0 aromatic rings. The minimum atomic E-state index is -0.393. The van der Waals surface area contributed by atoms with E-state index < -0.39 is 5.60 Å². The van der Waals surface area contributed by atoms with Gasteiger partial charge in [0.05, 0.1) is 0 Å². The van der Waals surface area contributed by atoms with E-state index in [2.05, 4.69) is 17.2 Å². The van der Waals surface area contributed by atoms with Crippen molar-refractivity contribution in [3.8, 4) is 0 Å². The molecule has 0 aliphatic carbocycles. The molecule has 0 spiro atoms. The second-order valence-electron chi connectivity index (χ2n) is 9.72. The van der Waals surface area contributed by atoms with Crippen LogP contribution in [0, 0.1) is 0 Å². The van der Waals surface area contributed by atoms with Gasteiger partial charge in [0.25, 0.3) is 0 Å². The Morgan fingerprint density at radius 1 is 1.00 bits per heavy atom. The lowest BCUT2D eigenvalue weighted by Crippen LogP contribution is -2.62. The smallest absolute Gasteiger partial charge is 0.410 e. The van der Waals surface area contributed by atoms with E-state index in [1.54, 1.807) is 0 Å². The average Bonchev–Trinajstić information content (AvgIpc) is 2.65. The van der Waals surface area contributed by atoms with Crippen LogP contribution >= 0.6 is 0 Å². The first-order chi connectivity index (χ1) is 13.8. The van der Waals surface area contributed by atoms with Gasteiger partial charge in [-0.3, -0.25) is 9.69 Å². The normalized spacial score (nSPS) is 31.3. The fourth-order valence-corrected chi connectivity index (χ4v) is 4.91. The van der Waals surface area contributed by atoms with Crippen molar-refractivity contribution in [3.05, 3.63) is 12.7 Å². The Morgan fingerprint density at radius 3 is 2.07 bits per heavy atom. The van der Waals surface area contributed by atoms with Gasteiger partial charge in [-0.1, -0.05) is 13.0 Å². The predicted molar refractivity (Wildman–Crippen MR) is 114 cm³/mol. The first kappa shape index (κ1) is 22.1. The predicted octanol–water partition coefficient (Wildman–Crippen LogP) is 2.27. The summed E-state index contributed by atoms with van der Waals surface area (Å²) in [4.78, 5) is 27.4. The molecule has 2 N–H and O–H groups in total. The lowest BCUT2D eigenvalue weighted by Gasteiger charge is -2.46. The largest absolute Gasteiger partial charge is 0.444 e. The van der Waals surface area contributed by atoms with Crippen molar-refractivity contribution in [2.45, 2.75) is 89.1 Å². The number of nitrogens with zero attached hydrogens (tertiary/aromatic N) is 2. The number of hydrogen-bond donors (Lipinski definition) is 2. The van der Waals surface area contributed by atoms with Crippen LogP contribution in [-0.4, -0.2) is 77.7 Å². The van der Waals surface area contributed by atoms with Gasteiger partial charge in [0, 0.05) is 50.3 Å². The SMILES string of the molecule is C=CC(=O)N1C[C@H]2CCC[C@@H](C1)N2.CC(C)(C)OC(=O)N1[C@@H]2CCC[C@H]1CNC2. The van der Waals surface area contributed by atoms with Crippen LogP contribution in [0.4, 0.5) is 4.79 Å². The Balaban J connectivity index is 0.000000169. The molecule has 7 nitrogen and oxygen atoms in total. The fraction of sp³-hybridized carbons (Fsp3) is 0.818. The number of nitrogens with one attached hydrogen (secondary N) is 2. The zero-order valence-corrected chi connectivity index (χ0v) is 18.3. The van der Waals surface area contributed by atoms with E-state index in [-0.39, 0.29) is 12.0 Å². The summed E-state index contributed by atoms with van der Waals surface area (Å²) in [6.07, 6.45) is 8.43. The van der Waals surface area contributed by atoms with E-state index in [1.165, 1.54) is 31.8 Å². The summed E-state index contributed by atoms with van der Waals surface area (Å²) in [7, 11) is 0. The topological polar surface area (TPSA) is 73.9 Å². The number of carbonyl (C=O) groups is 2. The van der Waals surface area contributed by atoms with Crippen LogP contribution < -0.4 is 10.6 Å². The third-order valence-electron chi connectivity index (χ3n) is 6.17. The Morgan fingerprint density at radius 2 is 1.55 bits per heavy atom. The average molecular weight is 407 g/mol. The van der Waals surface area contributed by atoms with Crippen molar-refractivity contribution in [3.63, 3.8) is 0 Å². The maximum atomic E-state index is 12.1. The van der Waals surface area contributed by atoms with E-state index in [4.69, 9.17) is 4.74 Å². The molecule has 4 aliphatic rings. The lowest BCUT2D eigenvalue weighted by atomic mass is 9.93. The molecule has 164 valence electrons. The van der Waals surface area contributed by atoms with Crippen LogP contribution in [0.15, 0.2) is 12.7 Å². The highest BCUT2D eigenvalue weighted by Gasteiger charge is 2.39. The molecular formula is C22H38N4O3. The summed E-state index contributed by atoms with van der Waals surface area (Å²) < 4.78 is 5.47. The highest BCUT2D eigenvalue weighted by molar-refractivity contribution is 5.87. The summed E-state index contributed by atoms with van der Waals surface area (Å²) in [5.41, 5.74) is -0.393. The van der Waals surface area contributed by atoms with E-state index >= 15 is 0 Å². The van der Waals surface area contributed by atoms with Crippen molar-refractivity contribution >= 4 is 12.0 Å². The number of hydrogen-bond acceptors (Lipinski definition) is 5.